The zero-order chi connectivity index (χ0) is 13.4. The minimum absolute atomic E-state index is 0.136. The van der Waals surface area contributed by atoms with Crippen LogP contribution in [0.25, 0.3) is 0 Å². The van der Waals surface area contributed by atoms with Gasteiger partial charge in [0.05, 0.1) is 6.61 Å². The van der Waals surface area contributed by atoms with Gasteiger partial charge in [-0.15, -0.1) is 0 Å². The molecule has 1 rings (SSSR count). The van der Waals surface area contributed by atoms with Crippen LogP contribution in [0, 0.1) is 0 Å². The maximum atomic E-state index is 10.9. The van der Waals surface area contributed by atoms with Gasteiger partial charge in [-0.2, -0.15) is 0 Å². The molecule has 0 amide bonds. The number of unbranched alkanes of at least 4 members (excludes halogenated alkanes) is 1. The zero-order valence-corrected chi connectivity index (χ0v) is 10.5. The quantitative estimate of drug-likeness (QED) is 0.720. The summed E-state index contributed by atoms with van der Waals surface area (Å²) >= 11 is 0. The maximum absolute atomic E-state index is 10.9. The summed E-state index contributed by atoms with van der Waals surface area (Å²) in [4.78, 5) is 21.2. The molecular weight excluding hydrogens is 232 g/mol. The van der Waals surface area contributed by atoms with Crippen LogP contribution < -0.4 is 4.74 Å². The number of carboxylic acid groups (broad SMARTS) is 1. The van der Waals surface area contributed by atoms with Crippen molar-refractivity contribution in [3.63, 3.8) is 0 Å². The summed E-state index contributed by atoms with van der Waals surface area (Å²) in [5.74, 6) is 0.110. The van der Waals surface area contributed by atoms with Gasteiger partial charge < -0.3 is 9.84 Å². The molecule has 0 saturated heterocycles. The van der Waals surface area contributed by atoms with Crippen LogP contribution in [-0.4, -0.2) is 23.5 Å². The molecule has 4 nitrogen and oxygen atoms in total. The highest BCUT2D eigenvalue weighted by atomic mass is 16.5. The number of hydrogen-bond donors (Lipinski definition) is 1. The van der Waals surface area contributed by atoms with Crippen molar-refractivity contribution in [2.24, 2.45) is 0 Å². The summed E-state index contributed by atoms with van der Waals surface area (Å²) in [6.07, 6.45) is 1.97. The highest BCUT2D eigenvalue weighted by Gasteiger charge is 2.00. The second-order valence-electron chi connectivity index (χ2n) is 4.22. The number of ketones is 1. The molecule has 0 bridgehead atoms. The zero-order valence-electron chi connectivity index (χ0n) is 10.5. The molecule has 0 radical (unpaired) electrons. The first-order valence-corrected chi connectivity index (χ1v) is 6.01. The van der Waals surface area contributed by atoms with E-state index in [-0.39, 0.29) is 12.2 Å². The van der Waals surface area contributed by atoms with E-state index in [1.165, 1.54) is 0 Å². The lowest BCUT2D eigenvalue weighted by Gasteiger charge is -2.06. The second kappa shape index (κ2) is 7.48. The normalized spacial score (nSPS) is 10.1. The Morgan fingerprint density at radius 3 is 2.39 bits per heavy atom. The van der Waals surface area contributed by atoms with Crippen molar-refractivity contribution in [2.75, 3.05) is 6.61 Å². The van der Waals surface area contributed by atoms with Crippen LogP contribution in [0.5, 0.6) is 5.75 Å². The molecule has 0 aliphatic carbocycles. The number of Topliss-reactive ketones (excluding diaryl/α,β-unsaturated/α-hetero) is 1. The van der Waals surface area contributed by atoms with E-state index < -0.39 is 5.97 Å². The van der Waals surface area contributed by atoms with Gasteiger partial charge in [0.2, 0.25) is 0 Å². The Morgan fingerprint density at radius 2 is 1.83 bits per heavy atom. The van der Waals surface area contributed by atoms with E-state index in [0.29, 0.717) is 19.4 Å². The molecule has 0 saturated carbocycles. The number of ether oxygens (including phenoxy) is 1. The number of aliphatic carboxylic acids is 1. The monoisotopic (exact) mass is 250 g/mol. The molecule has 0 aromatic heterocycles. The number of rotatable bonds is 8. The fourth-order valence-electron chi connectivity index (χ4n) is 1.56. The van der Waals surface area contributed by atoms with Gasteiger partial charge in [-0.3, -0.25) is 9.59 Å². The molecule has 18 heavy (non-hydrogen) atoms. The first-order chi connectivity index (χ1) is 8.58. The number of benzene rings is 1. The number of carboxylic acids is 1. The lowest BCUT2D eigenvalue weighted by molar-refractivity contribution is -0.137. The summed E-state index contributed by atoms with van der Waals surface area (Å²) < 4.78 is 5.47. The summed E-state index contributed by atoms with van der Waals surface area (Å²) in [5.41, 5.74) is 0.973. The molecule has 0 aliphatic heterocycles. The third-order valence-electron chi connectivity index (χ3n) is 2.43. The van der Waals surface area contributed by atoms with Gasteiger partial charge in [0.25, 0.3) is 0 Å². The number of carbonyl (C=O) groups is 2. The van der Waals surface area contributed by atoms with E-state index >= 15 is 0 Å². The Hall–Kier alpha value is -1.84. The number of carbonyl (C=O) groups excluding carboxylic acids is 1. The van der Waals surface area contributed by atoms with Gasteiger partial charge in [-0.1, -0.05) is 12.1 Å². The Kier molecular flexibility index (Phi) is 5.91. The fraction of sp³-hybridized carbons (Fsp3) is 0.429. The molecule has 0 spiro atoms. The lowest BCUT2D eigenvalue weighted by atomic mass is 10.1. The Balaban J connectivity index is 2.26. The van der Waals surface area contributed by atoms with Crippen molar-refractivity contribution in [3.8, 4) is 5.75 Å². The topological polar surface area (TPSA) is 63.6 Å². The molecule has 0 aliphatic rings. The van der Waals surface area contributed by atoms with E-state index in [1.54, 1.807) is 6.92 Å². The molecule has 0 heterocycles. The molecule has 1 N–H and O–H groups in total. The SMILES string of the molecule is CC(=O)Cc1ccc(OCCCCC(=O)O)cc1. The van der Waals surface area contributed by atoms with Crippen molar-refractivity contribution in [3.05, 3.63) is 29.8 Å². The predicted molar refractivity (Wildman–Crippen MR) is 67.8 cm³/mol. The van der Waals surface area contributed by atoms with E-state index in [4.69, 9.17) is 9.84 Å². The predicted octanol–water partition coefficient (Wildman–Crippen LogP) is 2.45. The average molecular weight is 250 g/mol. The van der Waals surface area contributed by atoms with Crippen molar-refractivity contribution < 1.29 is 19.4 Å². The molecule has 0 unspecified atom stereocenters. The molecule has 4 heteroatoms. The maximum Gasteiger partial charge on any atom is 0.303 e. The van der Waals surface area contributed by atoms with Crippen LogP contribution in [0.2, 0.25) is 0 Å². The van der Waals surface area contributed by atoms with Crippen molar-refractivity contribution in [1.29, 1.82) is 0 Å². The van der Waals surface area contributed by atoms with Gasteiger partial charge in [0.15, 0.2) is 0 Å². The van der Waals surface area contributed by atoms with Gasteiger partial charge in [0.1, 0.15) is 11.5 Å². The summed E-state index contributed by atoms with van der Waals surface area (Å²) in [5, 5.41) is 8.46. The first kappa shape index (κ1) is 14.2. The minimum Gasteiger partial charge on any atom is -0.494 e. The molecule has 0 atom stereocenters. The number of hydrogen-bond acceptors (Lipinski definition) is 3. The standard InChI is InChI=1S/C14H18O4/c1-11(15)10-12-5-7-13(8-6-12)18-9-3-2-4-14(16)17/h5-8H,2-4,9-10H2,1H3,(H,16,17). The third kappa shape index (κ3) is 6.03. The van der Waals surface area contributed by atoms with E-state index in [2.05, 4.69) is 0 Å². The Labute approximate surface area is 107 Å². The van der Waals surface area contributed by atoms with E-state index in [9.17, 15) is 9.59 Å². The fourth-order valence-corrected chi connectivity index (χ4v) is 1.56. The van der Waals surface area contributed by atoms with Crippen molar-refractivity contribution >= 4 is 11.8 Å². The molecule has 98 valence electrons. The smallest absolute Gasteiger partial charge is 0.303 e. The third-order valence-corrected chi connectivity index (χ3v) is 2.43. The van der Waals surface area contributed by atoms with Crippen LogP contribution in [0.4, 0.5) is 0 Å². The second-order valence-corrected chi connectivity index (χ2v) is 4.22. The molecule has 0 fully saturated rings. The molecular formula is C14H18O4. The Bertz CT molecular complexity index is 395. The van der Waals surface area contributed by atoms with Crippen molar-refractivity contribution in [1.82, 2.24) is 0 Å². The van der Waals surface area contributed by atoms with Crippen LogP contribution in [0.15, 0.2) is 24.3 Å². The molecule has 1 aromatic carbocycles. The summed E-state index contributed by atoms with van der Waals surface area (Å²) in [6.45, 7) is 2.08. The van der Waals surface area contributed by atoms with Gasteiger partial charge in [0, 0.05) is 12.8 Å². The largest absolute Gasteiger partial charge is 0.494 e. The first-order valence-electron chi connectivity index (χ1n) is 6.01. The summed E-state index contributed by atoms with van der Waals surface area (Å²) in [7, 11) is 0. The van der Waals surface area contributed by atoms with Gasteiger partial charge >= 0.3 is 5.97 Å². The summed E-state index contributed by atoms with van der Waals surface area (Å²) in [6, 6.07) is 7.40. The minimum atomic E-state index is -0.774. The van der Waals surface area contributed by atoms with Crippen LogP contribution in [0.1, 0.15) is 31.7 Å². The van der Waals surface area contributed by atoms with Crippen LogP contribution >= 0.6 is 0 Å². The van der Waals surface area contributed by atoms with E-state index in [1.807, 2.05) is 24.3 Å². The van der Waals surface area contributed by atoms with Crippen molar-refractivity contribution in [2.45, 2.75) is 32.6 Å². The highest BCUT2D eigenvalue weighted by Crippen LogP contribution is 2.13. The highest BCUT2D eigenvalue weighted by molar-refractivity contribution is 5.78. The van der Waals surface area contributed by atoms with Gasteiger partial charge in [-0.05, 0) is 37.5 Å². The van der Waals surface area contributed by atoms with Gasteiger partial charge in [-0.25, -0.2) is 0 Å². The van der Waals surface area contributed by atoms with Crippen LogP contribution in [-0.2, 0) is 16.0 Å². The Morgan fingerprint density at radius 1 is 1.17 bits per heavy atom. The molecule has 1 aromatic rings. The van der Waals surface area contributed by atoms with Crippen LogP contribution in [0.3, 0.4) is 0 Å². The average Bonchev–Trinajstić information content (AvgIpc) is 2.30. The van der Waals surface area contributed by atoms with E-state index in [0.717, 1.165) is 17.7 Å². The lowest BCUT2D eigenvalue weighted by Crippen LogP contribution is -2.01.